The van der Waals surface area contributed by atoms with Crippen LogP contribution in [0.25, 0.3) is 32.5 Å². The van der Waals surface area contributed by atoms with E-state index in [0.717, 1.165) is 25.9 Å². The molecule has 0 unspecified atom stereocenters. The molecule has 0 N–H and O–H groups in total. The molecule has 0 spiro atoms. The van der Waals surface area contributed by atoms with Crippen LogP contribution in [-0.2, 0) is 11.5 Å². The number of aryl methyl sites for hydroxylation is 1. The molecule has 31 heavy (non-hydrogen) atoms. The normalized spacial score (nSPS) is 13.5. The van der Waals surface area contributed by atoms with Crippen LogP contribution in [-0.4, -0.2) is 51.9 Å². The quantitative estimate of drug-likeness (QED) is 0.276. The second kappa shape index (κ2) is 7.99. The molecular formula is C23H28BrN3O2S2. The Morgan fingerprint density at radius 2 is 1.97 bits per heavy atom. The van der Waals surface area contributed by atoms with Gasteiger partial charge in [0.25, 0.3) is 5.56 Å². The number of thiol groups is 1. The predicted octanol–water partition coefficient (Wildman–Crippen LogP) is 5.31. The highest BCUT2D eigenvalue weighted by Gasteiger charge is 2.19. The smallest absolute Gasteiger partial charge is 0.263 e. The number of hydrogen-bond donors (Lipinski definition) is 1. The van der Waals surface area contributed by atoms with Gasteiger partial charge in [0, 0.05) is 10.7 Å². The maximum Gasteiger partial charge on any atom is 0.263 e. The van der Waals surface area contributed by atoms with Crippen LogP contribution in [0.1, 0.15) is 5.56 Å². The summed E-state index contributed by atoms with van der Waals surface area (Å²) >= 11 is 5.15. The average Bonchev–Trinajstić information content (AvgIpc) is 3.13. The molecule has 0 atom stereocenters. The van der Waals surface area contributed by atoms with Crippen molar-refractivity contribution in [2.75, 3.05) is 37.4 Å². The highest BCUT2D eigenvalue weighted by Crippen LogP contribution is 2.54. The van der Waals surface area contributed by atoms with E-state index in [1.54, 1.807) is 15.9 Å². The Morgan fingerprint density at radius 1 is 1.19 bits per heavy atom. The summed E-state index contributed by atoms with van der Waals surface area (Å²) in [4.78, 5) is 23.0. The van der Waals surface area contributed by atoms with Crippen LogP contribution in [0.15, 0.2) is 45.1 Å². The molecule has 3 heterocycles. The number of halogens is 1. The minimum Gasteiger partial charge on any atom is -0.360 e. The first-order valence-electron chi connectivity index (χ1n) is 10.1. The first kappa shape index (κ1) is 22.5. The maximum absolute atomic E-state index is 13.5. The van der Waals surface area contributed by atoms with E-state index in [1.165, 1.54) is 0 Å². The van der Waals surface area contributed by atoms with E-state index in [2.05, 4.69) is 52.0 Å². The fraction of sp³-hybridized carbons (Fsp3) is 0.348. The summed E-state index contributed by atoms with van der Waals surface area (Å²) in [6.07, 6.45) is 11.1. The van der Waals surface area contributed by atoms with Gasteiger partial charge in [-0.3, -0.25) is 23.5 Å². The Morgan fingerprint density at radius 3 is 2.71 bits per heavy atom. The summed E-state index contributed by atoms with van der Waals surface area (Å²) in [6.45, 7) is 2.72. The van der Waals surface area contributed by atoms with Crippen LogP contribution in [0, 0.1) is 6.92 Å². The van der Waals surface area contributed by atoms with Crippen LogP contribution in [0.2, 0.25) is 0 Å². The van der Waals surface area contributed by atoms with Crippen LogP contribution >= 0.6 is 36.4 Å². The van der Waals surface area contributed by atoms with Gasteiger partial charge in [0.1, 0.15) is 12.4 Å². The number of rotatable bonds is 6. The van der Waals surface area contributed by atoms with Crippen molar-refractivity contribution in [2.45, 2.75) is 13.7 Å². The number of fused-ring (bicyclic) bond motifs is 2. The van der Waals surface area contributed by atoms with E-state index in [9.17, 15) is 4.79 Å². The molecule has 4 aromatic rings. The molecule has 0 aliphatic rings. The number of benzene rings is 1. The molecular weight excluding hydrogens is 494 g/mol. The van der Waals surface area contributed by atoms with Crippen molar-refractivity contribution in [1.82, 2.24) is 14.5 Å². The number of aromatic nitrogens is 3. The van der Waals surface area contributed by atoms with E-state index >= 15 is 0 Å². The van der Waals surface area contributed by atoms with E-state index in [4.69, 9.17) is 9.72 Å². The topological polar surface area (TPSA) is 57.0 Å². The van der Waals surface area contributed by atoms with Gasteiger partial charge < -0.3 is 4.74 Å². The molecule has 3 aromatic heterocycles. The van der Waals surface area contributed by atoms with Crippen LogP contribution in [0.5, 0.6) is 0 Å². The third-order valence-corrected chi connectivity index (χ3v) is 8.43. The summed E-state index contributed by atoms with van der Waals surface area (Å²) < 4.78 is 9.59. The number of pyridine rings is 1. The first-order chi connectivity index (χ1) is 14.5. The minimum absolute atomic E-state index is 0.116. The Balaban J connectivity index is 1.82. The summed E-state index contributed by atoms with van der Waals surface area (Å²) in [7, 11) is -1.68. The molecule has 1 aromatic carbocycles. The van der Waals surface area contributed by atoms with Crippen LogP contribution in [0.4, 0.5) is 0 Å². The fourth-order valence-electron chi connectivity index (χ4n) is 3.35. The number of hydrogen-bond acceptors (Lipinski definition) is 5. The fourth-order valence-corrected chi connectivity index (χ4v) is 5.52. The monoisotopic (exact) mass is 521 g/mol. The highest BCUT2D eigenvalue weighted by atomic mass is 79.9. The highest BCUT2D eigenvalue weighted by molar-refractivity contribution is 9.10. The van der Waals surface area contributed by atoms with Crippen LogP contribution < -0.4 is 5.56 Å². The molecule has 0 saturated carbocycles. The van der Waals surface area contributed by atoms with E-state index in [-0.39, 0.29) is 12.3 Å². The van der Waals surface area contributed by atoms with E-state index in [0.29, 0.717) is 29.0 Å². The summed E-state index contributed by atoms with van der Waals surface area (Å²) in [5, 5.41) is 3.71. The number of thiophene rings is 1. The zero-order chi connectivity index (χ0) is 22.4. The second-order valence-electron chi connectivity index (χ2n) is 10.0. The van der Waals surface area contributed by atoms with E-state index in [1.807, 2.05) is 36.7 Å². The van der Waals surface area contributed by atoms with Crippen molar-refractivity contribution in [3.05, 3.63) is 56.2 Å². The molecule has 0 fully saturated rings. The average molecular weight is 523 g/mol. The molecule has 0 aliphatic carbocycles. The minimum atomic E-state index is -1.68. The van der Waals surface area contributed by atoms with Gasteiger partial charge in [0.2, 0.25) is 0 Å². The van der Waals surface area contributed by atoms with Crippen molar-refractivity contribution in [3.63, 3.8) is 0 Å². The Bertz CT molecular complexity index is 1340. The summed E-state index contributed by atoms with van der Waals surface area (Å²) in [5.74, 6) is 1.54. The SMILES string of the molecule is Cc1cc(Br)cc2c(=O)n(COCC[SH](C)(C)(C)C)c(-c3cc4ccsc4cn3)nc12. The molecule has 4 rings (SSSR count). The lowest BCUT2D eigenvalue weighted by Crippen LogP contribution is -2.27. The lowest BCUT2D eigenvalue weighted by Gasteiger charge is -2.46. The second-order valence-corrected chi connectivity index (χ2v) is 20.2. The van der Waals surface area contributed by atoms with Gasteiger partial charge in [-0.05, 0) is 78.3 Å². The first-order valence-corrected chi connectivity index (χ1v) is 16.0. The van der Waals surface area contributed by atoms with Crippen molar-refractivity contribution in [1.29, 1.82) is 0 Å². The standard InChI is InChI=1S/C23H28BrN3O2S2/c1-15-10-17(24)12-18-21(15)26-22(19-11-16-6-8-30-20(16)13-25-19)27(23(18)28)14-29-7-9-31(2,3,4)5/h6,8,10-13,31H,7,9,14H2,1-5H3. The Kier molecular flexibility index (Phi) is 5.79. The molecule has 8 heteroatoms. The molecule has 0 amide bonds. The number of ether oxygens (including phenoxy) is 1. The van der Waals surface area contributed by atoms with Gasteiger partial charge >= 0.3 is 0 Å². The van der Waals surface area contributed by atoms with E-state index < -0.39 is 9.16 Å². The third kappa shape index (κ3) is 5.03. The largest absolute Gasteiger partial charge is 0.360 e. The van der Waals surface area contributed by atoms with Gasteiger partial charge in [0.05, 0.1) is 22.2 Å². The summed E-state index contributed by atoms with van der Waals surface area (Å²) in [5.41, 5.74) is 2.20. The Labute approximate surface area is 194 Å². The zero-order valence-corrected chi connectivity index (χ0v) is 21.8. The molecule has 0 aliphatic heterocycles. The van der Waals surface area contributed by atoms with Gasteiger partial charge in [0.15, 0.2) is 5.82 Å². The lowest BCUT2D eigenvalue weighted by molar-refractivity contribution is 0.0879. The summed E-state index contributed by atoms with van der Waals surface area (Å²) in [6, 6.07) is 7.86. The predicted molar refractivity (Wildman–Crippen MR) is 141 cm³/mol. The van der Waals surface area contributed by atoms with Gasteiger partial charge in [-0.25, -0.2) is 4.98 Å². The van der Waals surface area contributed by atoms with Crippen LogP contribution in [0.3, 0.4) is 0 Å². The van der Waals surface area contributed by atoms with Gasteiger partial charge in [-0.15, -0.1) is 11.3 Å². The van der Waals surface area contributed by atoms with Gasteiger partial charge in [-0.1, -0.05) is 15.9 Å². The number of nitrogens with zero attached hydrogens (tertiary/aromatic N) is 3. The maximum atomic E-state index is 13.5. The zero-order valence-electron chi connectivity index (χ0n) is 18.5. The molecule has 5 nitrogen and oxygen atoms in total. The third-order valence-electron chi connectivity index (χ3n) is 5.13. The van der Waals surface area contributed by atoms with Crippen molar-refractivity contribution in [2.24, 2.45) is 0 Å². The molecule has 166 valence electrons. The van der Waals surface area contributed by atoms with Gasteiger partial charge in [-0.2, -0.15) is 0 Å². The van der Waals surface area contributed by atoms with Crippen molar-refractivity contribution >= 4 is 57.4 Å². The molecule has 0 bridgehead atoms. The van der Waals surface area contributed by atoms with Crippen molar-refractivity contribution < 1.29 is 4.74 Å². The molecule has 0 saturated heterocycles. The molecule has 0 radical (unpaired) electrons. The Hall–Kier alpha value is -1.74. The van der Waals surface area contributed by atoms with Crippen molar-refractivity contribution in [3.8, 4) is 11.5 Å². The lowest BCUT2D eigenvalue weighted by atomic mass is 10.1.